The van der Waals surface area contributed by atoms with E-state index in [-0.39, 0.29) is 5.69 Å². The van der Waals surface area contributed by atoms with Gasteiger partial charge in [0.1, 0.15) is 0 Å². The molecule has 0 radical (unpaired) electrons. The van der Waals surface area contributed by atoms with Gasteiger partial charge in [0.2, 0.25) is 0 Å². The van der Waals surface area contributed by atoms with Gasteiger partial charge in [0.15, 0.2) is 5.69 Å². The fraction of sp³-hybridized carbons (Fsp3) is 0.444. The van der Waals surface area contributed by atoms with E-state index in [4.69, 9.17) is 0 Å². The molecule has 0 saturated carbocycles. The van der Waals surface area contributed by atoms with Crippen molar-refractivity contribution in [2.45, 2.75) is 6.54 Å². The van der Waals surface area contributed by atoms with E-state index >= 15 is 0 Å². The van der Waals surface area contributed by atoms with E-state index in [1.165, 1.54) is 7.11 Å². The van der Waals surface area contributed by atoms with Gasteiger partial charge in [0, 0.05) is 6.54 Å². The van der Waals surface area contributed by atoms with Crippen LogP contribution >= 0.6 is 0 Å². The molecule has 0 saturated heterocycles. The lowest BCUT2D eigenvalue weighted by Gasteiger charge is -2.07. The number of methoxy groups -OCH3 is 1. The smallest absolute Gasteiger partial charge is 0.358 e. The van der Waals surface area contributed by atoms with Gasteiger partial charge in [-0.3, -0.25) is 0 Å². The molecule has 0 fully saturated rings. The molecule has 0 amide bonds. The van der Waals surface area contributed by atoms with E-state index < -0.39 is 5.97 Å². The molecule has 0 aliphatic carbocycles. The second-order valence-corrected chi connectivity index (χ2v) is 3.14. The van der Waals surface area contributed by atoms with Crippen molar-refractivity contribution < 1.29 is 9.53 Å². The van der Waals surface area contributed by atoms with Gasteiger partial charge in [-0.25, -0.2) is 4.79 Å². The molecular weight excluding hydrogens is 182 g/mol. The normalized spacial score (nSPS) is 10.3. The Morgan fingerprint density at radius 3 is 2.57 bits per heavy atom. The molecule has 0 atom stereocenters. The third-order valence-corrected chi connectivity index (χ3v) is 1.59. The molecule has 0 spiro atoms. The largest absolute Gasteiger partial charge is 0.464 e. The number of nitrogens with zero attached hydrogens (tertiary/aromatic N) is 3. The molecule has 0 aliphatic rings. The topological polar surface area (TPSA) is 55.3 Å². The lowest BCUT2D eigenvalue weighted by Crippen LogP contribution is -2.13. The number of ether oxygens (including phenoxy) is 1. The van der Waals surface area contributed by atoms with Gasteiger partial charge < -0.3 is 9.64 Å². The molecule has 0 aromatic carbocycles. The SMILES string of the molecule is COC(=O)c1ccc(CN(C)C)nn1. The first kappa shape index (κ1) is 10.6. The molecule has 0 N–H and O–H groups in total. The molecule has 1 rings (SSSR count). The Balaban J connectivity index is 2.73. The van der Waals surface area contributed by atoms with Crippen LogP contribution in [0.5, 0.6) is 0 Å². The van der Waals surface area contributed by atoms with Gasteiger partial charge in [-0.2, -0.15) is 5.10 Å². The number of carbonyl (C=O) groups is 1. The van der Waals surface area contributed by atoms with E-state index in [0.717, 1.165) is 5.69 Å². The van der Waals surface area contributed by atoms with Crippen molar-refractivity contribution in [3.8, 4) is 0 Å². The molecule has 14 heavy (non-hydrogen) atoms. The standard InChI is InChI=1S/C9H13N3O2/c1-12(2)6-7-4-5-8(11-10-7)9(13)14-3/h4-5H,6H2,1-3H3. The van der Waals surface area contributed by atoms with E-state index in [0.29, 0.717) is 6.54 Å². The minimum atomic E-state index is -0.464. The van der Waals surface area contributed by atoms with Crippen LogP contribution in [-0.4, -0.2) is 42.3 Å². The third kappa shape index (κ3) is 2.77. The molecule has 1 heterocycles. The first-order chi connectivity index (χ1) is 6.63. The predicted molar refractivity (Wildman–Crippen MR) is 50.8 cm³/mol. The summed E-state index contributed by atoms with van der Waals surface area (Å²) >= 11 is 0. The van der Waals surface area contributed by atoms with Crippen LogP contribution in [0.2, 0.25) is 0 Å². The van der Waals surface area contributed by atoms with Crippen LogP contribution < -0.4 is 0 Å². The van der Waals surface area contributed by atoms with Crippen LogP contribution in [0, 0.1) is 0 Å². The molecule has 0 aliphatic heterocycles. The Morgan fingerprint density at radius 2 is 2.14 bits per heavy atom. The Bertz CT molecular complexity index is 308. The van der Waals surface area contributed by atoms with Crippen LogP contribution in [0.4, 0.5) is 0 Å². The number of rotatable bonds is 3. The zero-order valence-electron chi connectivity index (χ0n) is 8.52. The summed E-state index contributed by atoms with van der Waals surface area (Å²) in [5, 5.41) is 7.65. The summed E-state index contributed by atoms with van der Waals surface area (Å²) < 4.78 is 4.51. The number of aromatic nitrogens is 2. The van der Waals surface area contributed by atoms with E-state index in [1.54, 1.807) is 12.1 Å². The minimum Gasteiger partial charge on any atom is -0.464 e. The summed E-state index contributed by atoms with van der Waals surface area (Å²) in [6, 6.07) is 3.37. The Hall–Kier alpha value is -1.49. The molecule has 0 bridgehead atoms. The number of carbonyl (C=O) groups excluding carboxylic acids is 1. The summed E-state index contributed by atoms with van der Waals surface area (Å²) in [5.41, 5.74) is 1.05. The van der Waals surface area contributed by atoms with Crippen molar-refractivity contribution in [1.82, 2.24) is 15.1 Å². The molecule has 5 nitrogen and oxygen atoms in total. The maximum Gasteiger partial charge on any atom is 0.358 e. The number of esters is 1. The fourth-order valence-corrected chi connectivity index (χ4v) is 0.982. The van der Waals surface area contributed by atoms with Gasteiger partial charge in [0.25, 0.3) is 0 Å². The van der Waals surface area contributed by atoms with Crippen LogP contribution in [0.15, 0.2) is 12.1 Å². The second-order valence-electron chi connectivity index (χ2n) is 3.14. The minimum absolute atomic E-state index is 0.231. The van der Waals surface area contributed by atoms with Crippen molar-refractivity contribution in [3.63, 3.8) is 0 Å². The average molecular weight is 195 g/mol. The van der Waals surface area contributed by atoms with Crippen molar-refractivity contribution in [3.05, 3.63) is 23.5 Å². The monoisotopic (exact) mass is 195 g/mol. The van der Waals surface area contributed by atoms with Crippen molar-refractivity contribution >= 4 is 5.97 Å². The van der Waals surface area contributed by atoms with Gasteiger partial charge >= 0.3 is 5.97 Å². The maximum atomic E-state index is 11.0. The van der Waals surface area contributed by atoms with Gasteiger partial charge in [-0.05, 0) is 26.2 Å². The molecular formula is C9H13N3O2. The quantitative estimate of drug-likeness (QED) is 0.650. The Morgan fingerprint density at radius 1 is 1.43 bits per heavy atom. The predicted octanol–water partition coefficient (Wildman–Crippen LogP) is 0.325. The lowest BCUT2D eigenvalue weighted by molar-refractivity contribution is 0.0592. The van der Waals surface area contributed by atoms with Gasteiger partial charge in [-0.1, -0.05) is 0 Å². The van der Waals surface area contributed by atoms with E-state index in [2.05, 4.69) is 14.9 Å². The van der Waals surface area contributed by atoms with Crippen molar-refractivity contribution in [2.24, 2.45) is 0 Å². The van der Waals surface area contributed by atoms with Crippen LogP contribution in [-0.2, 0) is 11.3 Å². The summed E-state index contributed by atoms with van der Waals surface area (Å²) in [7, 11) is 5.20. The average Bonchev–Trinajstić information content (AvgIpc) is 2.17. The maximum absolute atomic E-state index is 11.0. The first-order valence-corrected chi connectivity index (χ1v) is 4.19. The van der Waals surface area contributed by atoms with E-state index in [9.17, 15) is 4.79 Å². The summed E-state index contributed by atoms with van der Waals surface area (Å²) in [6.45, 7) is 0.703. The van der Waals surface area contributed by atoms with Crippen molar-refractivity contribution in [2.75, 3.05) is 21.2 Å². The molecule has 0 unspecified atom stereocenters. The van der Waals surface area contributed by atoms with Crippen molar-refractivity contribution in [1.29, 1.82) is 0 Å². The summed E-state index contributed by atoms with van der Waals surface area (Å²) in [5.74, 6) is -0.464. The summed E-state index contributed by atoms with van der Waals surface area (Å²) in [4.78, 5) is 13.0. The summed E-state index contributed by atoms with van der Waals surface area (Å²) in [6.07, 6.45) is 0. The second kappa shape index (κ2) is 4.66. The van der Waals surface area contributed by atoms with Gasteiger partial charge in [-0.15, -0.1) is 5.10 Å². The highest BCUT2D eigenvalue weighted by molar-refractivity contribution is 5.86. The Labute approximate surface area is 82.7 Å². The zero-order chi connectivity index (χ0) is 10.6. The number of hydrogen-bond donors (Lipinski definition) is 0. The van der Waals surface area contributed by atoms with Crippen LogP contribution in [0.25, 0.3) is 0 Å². The van der Waals surface area contributed by atoms with Crippen LogP contribution in [0.1, 0.15) is 16.2 Å². The Kier molecular flexibility index (Phi) is 3.53. The highest BCUT2D eigenvalue weighted by atomic mass is 16.5. The molecule has 5 heteroatoms. The molecule has 1 aromatic rings. The number of hydrogen-bond acceptors (Lipinski definition) is 5. The van der Waals surface area contributed by atoms with Crippen LogP contribution in [0.3, 0.4) is 0 Å². The zero-order valence-corrected chi connectivity index (χ0v) is 8.52. The molecule has 1 aromatic heterocycles. The lowest BCUT2D eigenvalue weighted by atomic mass is 10.3. The highest BCUT2D eigenvalue weighted by Crippen LogP contribution is 1.99. The fourth-order valence-electron chi connectivity index (χ4n) is 0.982. The highest BCUT2D eigenvalue weighted by Gasteiger charge is 2.07. The third-order valence-electron chi connectivity index (χ3n) is 1.59. The van der Waals surface area contributed by atoms with E-state index in [1.807, 2.05) is 19.0 Å². The van der Waals surface area contributed by atoms with Gasteiger partial charge in [0.05, 0.1) is 12.8 Å². The molecule has 76 valence electrons. The first-order valence-electron chi connectivity index (χ1n) is 4.19.